The van der Waals surface area contributed by atoms with E-state index in [-0.39, 0.29) is 42.9 Å². The fourth-order valence-corrected chi connectivity index (χ4v) is 4.22. The predicted molar refractivity (Wildman–Crippen MR) is 109 cm³/mol. The molecule has 0 saturated carbocycles. The number of amides is 2. The summed E-state index contributed by atoms with van der Waals surface area (Å²) < 4.78 is 41.6. The number of sulfone groups is 1. The average Bonchev–Trinajstić information content (AvgIpc) is 2.73. The lowest BCUT2D eigenvalue weighted by Gasteiger charge is -2.29. The number of nitrogens with one attached hydrogen (secondary N) is 1. The van der Waals surface area contributed by atoms with Gasteiger partial charge in [-0.25, -0.2) is 12.8 Å². The van der Waals surface area contributed by atoms with Crippen molar-refractivity contribution in [2.24, 2.45) is 0 Å². The van der Waals surface area contributed by atoms with Gasteiger partial charge in [-0.05, 0) is 42.8 Å². The number of hydrogen-bond acceptors (Lipinski definition) is 5. The predicted octanol–water partition coefficient (Wildman–Crippen LogP) is 1.78. The van der Waals surface area contributed by atoms with Gasteiger partial charge in [0.2, 0.25) is 5.91 Å². The first kappa shape index (κ1) is 21.8. The Balaban J connectivity index is 1.56. The fraction of sp³-hybridized carbons (Fsp3) is 0.333. The van der Waals surface area contributed by atoms with Crippen LogP contribution in [0.2, 0.25) is 0 Å². The third-order valence-corrected chi connectivity index (χ3v) is 6.40. The van der Waals surface area contributed by atoms with Gasteiger partial charge >= 0.3 is 0 Å². The first-order valence-electron chi connectivity index (χ1n) is 9.51. The zero-order valence-corrected chi connectivity index (χ0v) is 17.3. The highest BCUT2D eigenvalue weighted by atomic mass is 32.2. The largest absolute Gasteiger partial charge is 0.489 e. The number of nitrogens with zero attached hydrogens (tertiary/aromatic N) is 1. The van der Waals surface area contributed by atoms with Crippen molar-refractivity contribution in [1.82, 2.24) is 10.2 Å². The molecule has 1 saturated heterocycles. The Morgan fingerprint density at radius 3 is 2.47 bits per heavy atom. The lowest BCUT2D eigenvalue weighted by atomic mass is 10.1. The first-order chi connectivity index (χ1) is 14.2. The van der Waals surface area contributed by atoms with Gasteiger partial charge < -0.3 is 15.0 Å². The molecule has 0 radical (unpaired) electrons. The van der Waals surface area contributed by atoms with Gasteiger partial charge in [0.15, 0.2) is 9.84 Å². The van der Waals surface area contributed by atoms with Crippen LogP contribution in [0.1, 0.15) is 22.8 Å². The summed E-state index contributed by atoms with van der Waals surface area (Å²) in [6.45, 7) is 2.05. The summed E-state index contributed by atoms with van der Waals surface area (Å²) >= 11 is 0. The third kappa shape index (κ3) is 5.79. The molecule has 1 N–H and O–H groups in total. The van der Waals surface area contributed by atoms with E-state index < -0.39 is 21.8 Å². The smallest absolute Gasteiger partial charge is 0.252 e. The molecule has 0 bridgehead atoms. The van der Waals surface area contributed by atoms with Gasteiger partial charge in [0.05, 0.1) is 11.5 Å². The van der Waals surface area contributed by atoms with Gasteiger partial charge in [-0.1, -0.05) is 18.2 Å². The van der Waals surface area contributed by atoms with Gasteiger partial charge in [-0.2, -0.15) is 0 Å². The maximum Gasteiger partial charge on any atom is 0.252 e. The summed E-state index contributed by atoms with van der Waals surface area (Å²) in [5.74, 6) is -0.742. The molecule has 1 aliphatic rings. The summed E-state index contributed by atoms with van der Waals surface area (Å²) in [4.78, 5) is 26.5. The highest BCUT2D eigenvalue weighted by molar-refractivity contribution is 7.91. The van der Waals surface area contributed by atoms with Crippen molar-refractivity contribution in [3.8, 4) is 5.75 Å². The standard InChI is InChI=1S/C21H23FN2O5S/c1-15(21(26)24-9-11-30(27,28)12-10-24)23-20(25)17-3-2-4-19(13-17)29-14-16-5-7-18(22)8-6-16/h2-8,13,15H,9-12,14H2,1H3,(H,23,25). The molecule has 1 fully saturated rings. The second kappa shape index (κ2) is 9.25. The lowest BCUT2D eigenvalue weighted by molar-refractivity contribution is -0.132. The molecule has 9 heteroatoms. The van der Waals surface area contributed by atoms with Crippen molar-refractivity contribution < 1.29 is 27.1 Å². The molecule has 0 aromatic heterocycles. The molecule has 1 unspecified atom stereocenters. The maximum atomic E-state index is 13.0. The van der Waals surface area contributed by atoms with E-state index in [4.69, 9.17) is 4.74 Å². The molecule has 1 atom stereocenters. The van der Waals surface area contributed by atoms with Crippen LogP contribution in [0.3, 0.4) is 0 Å². The van der Waals surface area contributed by atoms with Crippen LogP contribution in [0.25, 0.3) is 0 Å². The number of rotatable bonds is 6. The second-order valence-corrected chi connectivity index (χ2v) is 9.42. The Kier molecular flexibility index (Phi) is 6.71. The van der Waals surface area contributed by atoms with Crippen molar-refractivity contribution >= 4 is 21.7 Å². The van der Waals surface area contributed by atoms with Crippen LogP contribution in [-0.2, 0) is 21.2 Å². The topological polar surface area (TPSA) is 92.8 Å². The van der Waals surface area contributed by atoms with E-state index in [9.17, 15) is 22.4 Å². The molecule has 0 spiro atoms. The molecule has 30 heavy (non-hydrogen) atoms. The zero-order valence-electron chi connectivity index (χ0n) is 16.5. The van der Waals surface area contributed by atoms with Crippen LogP contribution in [0.4, 0.5) is 4.39 Å². The Morgan fingerprint density at radius 1 is 1.13 bits per heavy atom. The van der Waals surface area contributed by atoms with Gasteiger partial charge in [-0.3, -0.25) is 9.59 Å². The van der Waals surface area contributed by atoms with E-state index in [0.717, 1.165) is 5.56 Å². The quantitative estimate of drug-likeness (QED) is 0.748. The number of benzene rings is 2. The van der Waals surface area contributed by atoms with Crippen LogP contribution in [0.15, 0.2) is 48.5 Å². The summed E-state index contributed by atoms with van der Waals surface area (Å²) in [6, 6.07) is 11.7. The third-order valence-electron chi connectivity index (χ3n) is 4.79. The van der Waals surface area contributed by atoms with Gasteiger partial charge in [0.1, 0.15) is 24.2 Å². The van der Waals surface area contributed by atoms with Gasteiger partial charge in [0, 0.05) is 18.7 Å². The molecule has 3 rings (SSSR count). The minimum atomic E-state index is -3.09. The molecule has 160 valence electrons. The highest BCUT2D eigenvalue weighted by Gasteiger charge is 2.28. The molecule has 1 heterocycles. The van der Waals surface area contributed by atoms with Crippen LogP contribution < -0.4 is 10.1 Å². The Bertz CT molecular complexity index is 1010. The minimum Gasteiger partial charge on any atom is -0.489 e. The number of halogens is 1. The van der Waals surface area contributed by atoms with Crippen molar-refractivity contribution in [3.05, 3.63) is 65.5 Å². The monoisotopic (exact) mass is 434 g/mol. The maximum absolute atomic E-state index is 13.0. The molecule has 7 nitrogen and oxygen atoms in total. The molecule has 2 amide bonds. The first-order valence-corrected chi connectivity index (χ1v) is 11.3. The molecule has 1 aliphatic heterocycles. The Morgan fingerprint density at radius 2 is 1.80 bits per heavy atom. The molecule has 0 aliphatic carbocycles. The number of hydrogen-bond donors (Lipinski definition) is 1. The molecule has 2 aromatic carbocycles. The molecule has 2 aromatic rings. The average molecular weight is 434 g/mol. The van der Waals surface area contributed by atoms with Crippen molar-refractivity contribution in [2.75, 3.05) is 24.6 Å². The summed E-state index contributed by atoms with van der Waals surface area (Å²) in [5, 5.41) is 2.64. The number of carbonyl (C=O) groups excluding carboxylic acids is 2. The normalized spacial score (nSPS) is 16.5. The lowest BCUT2D eigenvalue weighted by Crippen LogP contribution is -2.51. The minimum absolute atomic E-state index is 0.0627. The summed E-state index contributed by atoms with van der Waals surface area (Å²) in [7, 11) is -3.09. The van der Waals surface area contributed by atoms with Gasteiger partial charge in [-0.15, -0.1) is 0 Å². The second-order valence-electron chi connectivity index (χ2n) is 7.12. The van der Waals surface area contributed by atoms with E-state index in [1.807, 2.05) is 0 Å². The Hall–Kier alpha value is -2.94. The number of carbonyl (C=O) groups is 2. The van der Waals surface area contributed by atoms with E-state index >= 15 is 0 Å². The van der Waals surface area contributed by atoms with Crippen LogP contribution in [0.5, 0.6) is 5.75 Å². The van der Waals surface area contributed by atoms with E-state index in [0.29, 0.717) is 11.3 Å². The van der Waals surface area contributed by atoms with E-state index in [1.165, 1.54) is 17.0 Å². The Labute approximate surface area is 174 Å². The van der Waals surface area contributed by atoms with Crippen molar-refractivity contribution in [1.29, 1.82) is 0 Å². The van der Waals surface area contributed by atoms with Crippen molar-refractivity contribution in [2.45, 2.75) is 19.6 Å². The summed E-state index contributed by atoms with van der Waals surface area (Å²) in [6.07, 6.45) is 0. The van der Waals surface area contributed by atoms with E-state index in [1.54, 1.807) is 43.3 Å². The zero-order chi connectivity index (χ0) is 21.7. The molecular formula is C21H23FN2O5S. The molecular weight excluding hydrogens is 411 g/mol. The van der Waals surface area contributed by atoms with E-state index in [2.05, 4.69) is 5.32 Å². The van der Waals surface area contributed by atoms with Crippen LogP contribution in [-0.4, -0.2) is 55.8 Å². The van der Waals surface area contributed by atoms with Crippen molar-refractivity contribution in [3.63, 3.8) is 0 Å². The van der Waals surface area contributed by atoms with Crippen LogP contribution >= 0.6 is 0 Å². The SMILES string of the molecule is CC(NC(=O)c1cccc(OCc2ccc(F)cc2)c1)C(=O)N1CCS(=O)(=O)CC1. The summed E-state index contributed by atoms with van der Waals surface area (Å²) in [5.41, 5.74) is 1.11. The highest BCUT2D eigenvalue weighted by Crippen LogP contribution is 2.16. The van der Waals surface area contributed by atoms with Crippen LogP contribution in [0, 0.1) is 5.82 Å². The fourth-order valence-electron chi connectivity index (χ4n) is 3.02. The number of ether oxygens (including phenoxy) is 1. The van der Waals surface area contributed by atoms with Gasteiger partial charge in [0.25, 0.3) is 5.91 Å².